The van der Waals surface area contributed by atoms with Crippen molar-refractivity contribution < 1.29 is 18.7 Å². The van der Waals surface area contributed by atoms with Crippen LogP contribution < -0.4 is 20.1 Å². The van der Waals surface area contributed by atoms with Gasteiger partial charge in [-0.1, -0.05) is 12.6 Å². The number of carbonyl (C=O) groups is 1. The van der Waals surface area contributed by atoms with Crippen LogP contribution in [0.1, 0.15) is 18.4 Å². The van der Waals surface area contributed by atoms with Crippen molar-refractivity contribution in [2.24, 2.45) is 0 Å². The summed E-state index contributed by atoms with van der Waals surface area (Å²) in [7, 11) is 1.60. The highest BCUT2D eigenvalue weighted by Gasteiger charge is 2.23. The number of pyridine rings is 1. The predicted molar refractivity (Wildman–Crippen MR) is 165 cm³/mol. The zero-order valence-corrected chi connectivity index (χ0v) is 24.3. The molecule has 0 radical (unpaired) electrons. The zero-order valence-electron chi connectivity index (χ0n) is 24.3. The van der Waals surface area contributed by atoms with Gasteiger partial charge in [0.05, 0.1) is 24.0 Å². The normalized spacial score (nSPS) is 13.5. The number of amides is 1. The molecule has 2 N–H and O–H groups in total. The Balaban J connectivity index is 1.18. The number of nitrogens with zero attached hydrogens (tertiary/aromatic N) is 6. The number of fused-ring (bicyclic) bond motifs is 1. The van der Waals surface area contributed by atoms with Crippen LogP contribution in [0.25, 0.3) is 16.7 Å². The van der Waals surface area contributed by atoms with E-state index in [1.807, 2.05) is 31.2 Å². The Bertz CT molecular complexity index is 1820. The van der Waals surface area contributed by atoms with E-state index in [0.29, 0.717) is 53.0 Å². The predicted octanol–water partition coefficient (Wildman–Crippen LogP) is 5.79. The van der Waals surface area contributed by atoms with E-state index < -0.39 is 5.82 Å². The molecule has 0 atom stereocenters. The van der Waals surface area contributed by atoms with Gasteiger partial charge in [0.25, 0.3) is 0 Å². The van der Waals surface area contributed by atoms with Gasteiger partial charge in [-0.2, -0.15) is 0 Å². The van der Waals surface area contributed by atoms with Crippen LogP contribution in [0.2, 0.25) is 0 Å². The van der Waals surface area contributed by atoms with Crippen LogP contribution in [0.4, 0.5) is 21.6 Å². The number of hydrogen-bond donors (Lipinski definition) is 2. The molecule has 1 amide bonds. The third-order valence-corrected chi connectivity index (χ3v) is 7.41. The van der Waals surface area contributed by atoms with E-state index in [1.165, 1.54) is 18.5 Å². The van der Waals surface area contributed by atoms with Gasteiger partial charge < -0.3 is 25.0 Å². The van der Waals surface area contributed by atoms with Crippen LogP contribution in [-0.4, -0.2) is 61.8 Å². The second kappa shape index (κ2) is 12.4. The number of nitrogens with one attached hydrogen (secondary N) is 2. The molecule has 0 saturated carbocycles. The maximum Gasteiger partial charge on any atom is 0.245 e. The van der Waals surface area contributed by atoms with Crippen molar-refractivity contribution in [2.75, 3.05) is 30.8 Å². The van der Waals surface area contributed by atoms with Gasteiger partial charge >= 0.3 is 0 Å². The molecule has 0 unspecified atom stereocenters. The quantitative estimate of drug-likeness (QED) is 0.204. The smallest absolute Gasteiger partial charge is 0.245 e. The fourth-order valence-electron chi connectivity index (χ4n) is 5.05. The number of anilines is 3. The Hall–Kier alpha value is -5.52. The van der Waals surface area contributed by atoms with Gasteiger partial charge in [-0.3, -0.25) is 4.79 Å². The summed E-state index contributed by atoms with van der Waals surface area (Å²) in [4.78, 5) is 26.9. The fourth-order valence-corrected chi connectivity index (χ4v) is 5.05. The van der Waals surface area contributed by atoms with Crippen molar-refractivity contribution in [1.29, 1.82) is 0 Å². The number of carbonyl (C=O) groups excluding carboxylic acids is 1. The standard InChI is InChI=1S/C32H31FN8O3/c1-4-31(42)40-12-9-21(10-13-40)37-27-16-23-26(17-28(27)43-3)35-19-36-32(23)38-25-7-6-22(15-24(25)33)44-30-11-14-41(39-30)29-8-5-20(2)18-34-29/h4-8,11,14-19,21,37H,1,9-10,12-13H2,2-3H3,(H,35,36,38). The molecule has 1 saturated heterocycles. The summed E-state index contributed by atoms with van der Waals surface area (Å²) in [6.07, 6.45) is 7.80. The summed E-state index contributed by atoms with van der Waals surface area (Å²) in [5, 5.41) is 11.7. The first-order valence-corrected chi connectivity index (χ1v) is 14.1. The van der Waals surface area contributed by atoms with Gasteiger partial charge in [0, 0.05) is 55.1 Å². The highest BCUT2D eigenvalue weighted by Crippen LogP contribution is 2.35. The molecule has 0 bridgehead atoms. The minimum atomic E-state index is -0.526. The van der Waals surface area contributed by atoms with Gasteiger partial charge in [0.1, 0.15) is 29.5 Å². The molecule has 1 fully saturated rings. The SMILES string of the molecule is C=CC(=O)N1CCC(Nc2cc3c(Nc4ccc(Oc5ccn(-c6ccc(C)cn6)n5)cc4F)ncnc3cc2OC)CC1. The number of halogens is 1. The number of hydrogen-bond acceptors (Lipinski definition) is 9. The summed E-state index contributed by atoms with van der Waals surface area (Å²) in [6.45, 7) is 6.81. The summed E-state index contributed by atoms with van der Waals surface area (Å²) in [5.74, 6) is 1.72. The maximum atomic E-state index is 15.3. The topological polar surface area (TPSA) is 119 Å². The maximum absolute atomic E-state index is 15.3. The Morgan fingerprint density at radius 2 is 1.91 bits per heavy atom. The molecule has 11 nitrogen and oxygen atoms in total. The molecule has 0 spiro atoms. The van der Waals surface area contributed by atoms with E-state index in [2.05, 4.69) is 37.3 Å². The fraction of sp³-hybridized carbons (Fsp3) is 0.219. The lowest BCUT2D eigenvalue weighted by atomic mass is 10.0. The second-order valence-electron chi connectivity index (χ2n) is 10.4. The van der Waals surface area contributed by atoms with Gasteiger partial charge in [0.2, 0.25) is 11.8 Å². The number of aromatic nitrogens is 5. The van der Waals surface area contributed by atoms with Crippen molar-refractivity contribution in [3.05, 3.63) is 91.3 Å². The number of aryl methyl sites for hydroxylation is 1. The van der Waals surface area contributed by atoms with Crippen LogP contribution in [0, 0.1) is 12.7 Å². The average molecular weight is 595 g/mol. The molecule has 3 aromatic heterocycles. The average Bonchev–Trinajstić information content (AvgIpc) is 3.51. The third-order valence-electron chi connectivity index (χ3n) is 7.41. The minimum Gasteiger partial charge on any atom is -0.495 e. The summed E-state index contributed by atoms with van der Waals surface area (Å²) >= 11 is 0. The Morgan fingerprint density at radius 3 is 2.64 bits per heavy atom. The highest BCUT2D eigenvalue weighted by atomic mass is 19.1. The van der Waals surface area contributed by atoms with Crippen LogP contribution >= 0.6 is 0 Å². The van der Waals surface area contributed by atoms with Gasteiger partial charge in [-0.25, -0.2) is 24.0 Å². The van der Waals surface area contributed by atoms with Crippen LogP contribution in [0.15, 0.2) is 79.9 Å². The van der Waals surface area contributed by atoms with E-state index >= 15 is 4.39 Å². The monoisotopic (exact) mass is 594 g/mol. The van der Waals surface area contributed by atoms with Crippen LogP contribution in [0.5, 0.6) is 17.4 Å². The first kappa shape index (κ1) is 28.6. The molecule has 1 aliphatic rings. The molecule has 0 aliphatic carbocycles. The molecule has 1 aliphatic heterocycles. The minimum absolute atomic E-state index is 0.0575. The first-order chi connectivity index (χ1) is 21.4. The first-order valence-electron chi connectivity index (χ1n) is 14.1. The lowest BCUT2D eigenvalue weighted by Crippen LogP contribution is -2.41. The van der Waals surface area contributed by atoms with Gasteiger partial charge in [0.15, 0.2) is 5.82 Å². The highest BCUT2D eigenvalue weighted by molar-refractivity contribution is 5.95. The van der Waals surface area contributed by atoms with Crippen molar-refractivity contribution in [3.63, 3.8) is 0 Å². The van der Waals surface area contributed by atoms with Crippen molar-refractivity contribution >= 4 is 34.0 Å². The molecule has 2 aromatic carbocycles. The number of piperidine rings is 1. The number of ether oxygens (including phenoxy) is 2. The lowest BCUT2D eigenvalue weighted by molar-refractivity contribution is -0.126. The van der Waals surface area contributed by atoms with Crippen molar-refractivity contribution in [2.45, 2.75) is 25.8 Å². The molecular formula is C32H31FN8O3. The van der Waals surface area contributed by atoms with E-state index in [4.69, 9.17) is 9.47 Å². The van der Waals surface area contributed by atoms with Crippen LogP contribution in [-0.2, 0) is 4.79 Å². The van der Waals surface area contributed by atoms with E-state index in [-0.39, 0.29) is 17.6 Å². The summed E-state index contributed by atoms with van der Waals surface area (Å²) < 4.78 is 28.3. The van der Waals surface area contributed by atoms with E-state index in [1.54, 1.807) is 47.3 Å². The van der Waals surface area contributed by atoms with Gasteiger partial charge in [-0.05, 0) is 55.7 Å². The summed E-state index contributed by atoms with van der Waals surface area (Å²) in [5.41, 5.74) is 2.66. The lowest BCUT2D eigenvalue weighted by Gasteiger charge is -2.32. The molecule has 224 valence electrons. The molecule has 44 heavy (non-hydrogen) atoms. The third kappa shape index (κ3) is 6.14. The van der Waals surface area contributed by atoms with Crippen LogP contribution in [0.3, 0.4) is 0 Å². The van der Waals surface area contributed by atoms with E-state index in [9.17, 15) is 4.79 Å². The van der Waals surface area contributed by atoms with E-state index in [0.717, 1.165) is 24.1 Å². The Labute approximate surface area is 253 Å². The largest absolute Gasteiger partial charge is 0.495 e. The molecule has 4 heterocycles. The zero-order chi connectivity index (χ0) is 30.6. The molecular weight excluding hydrogens is 563 g/mol. The summed E-state index contributed by atoms with van der Waals surface area (Å²) in [6, 6.07) is 13.9. The molecule has 12 heteroatoms. The Kier molecular flexibility index (Phi) is 8.04. The van der Waals surface area contributed by atoms with Gasteiger partial charge in [-0.15, -0.1) is 5.10 Å². The number of likely N-dealkylation sites (tertiary alicyclic amines) is 1. The number of rotatable bonds is 9. The Morgan fingerprint density at radius 1 is 1.07 bits per heavy atom. The number of methoxy groups -OCH3 is 1. The molecule has 6 rings (SSSR count). The second-order valence-corrected chi connectivity index (χ2v) is 10.4. The van der Waals surface area contributed by atoms with Crippen molar-refractivity contribution in [3.8, 4) is 23.2 Å². The number of benzene rings is 2. The van der Waals surface area contributed by atoms with Crippen molar-refractivity contribution in [1.82, 2.24) is 29.6 Å². The molecule has 5 aromatic rings.